The summed E-state index contributed by atoms with van der Waals surface area (Å²) in [5, 5.41) is 39.1. The average Bonchev–Trinajstić information content (AvgIpc) is 2.85. The van der Waals surface area contributed by atoms with Crippen LogP contribution in [0, 0.1) is 17.8 Å². The van der Waals surface area contributed by atoms with Gasteiger partial charge in [0.1, 0.15) is 30.5 Å². The Morgan fingerprint density at radius 2 is 1.97 bits per heavy atom. The number of aliphatic hydroxyl groups excluding tert-OH is 4. The summed E-state index contributed by atoms with van der Waals surface area (Å²) in [7, 11) is 0. The molecule has 0 bridgehead atoms. The molecule has 3 aliphatic rings. The molecule has 1 aliphatic carbocycles. The summed E-state index contributed by atoms with van der Waals surface area (Å²) in [4.78, 5) is 11.8. The minimum absolute atomic E-state index is 0.0114. The Morgan fingerprint density at radius 1 is 1.24 bits per heavy atom. The lowest BCUT2D eigenvalue weighted by atomic mass is 9.87. The van der Waals surface area contributed by atoms with E-state index in [9.17, 15) is 25.2 Å². The van der Waals surface area contributed by atoms with Crippen LogP contribution in [0.3, 0.4) is 0 Å². The zero-order valence-electron chi connectivity index (χ0n) is 17.3. The van der Waals surface area contributed by atoms with Crippen LogP contribution >= 0.6 is 0 Å². The van der Waals surface area contributed by atoms with Crippen LogP contribution in [0.25, 0.3) is 0 Å². The highest BCUT2D eigenvalue weighted by Gasteiger charge is 2.45. The molecule has 2 fully saturated rings. The molecule has 0 saturated carbocycles. The molecule has 0 spiro atoms. The van der Waals surface area contributed by atoms with Gasteiger partial charge in [-0.15, -0.1) is 0 Å². The second-order valence-corrected chi connectivity index (χ2v) is 8.76. The van der Waals surface area contributed by atoms with E-state index in [0.29, 0.717) is 12.3 Å². The van der Waals surface area contributed by atoms with Crippen LogP contribution in [0.5, 0.6) is 0 Å². The highest BCUT2D eigenvalue weighted by molar-refractivity contribution is 5.74. The van der Waals surface area contributed by atoms with E-state index in [2.05, 4.69) is 13.0 Å². The van der Waals surface area contributed by atoms with E-state index >= 15 is 0 Å². The Labute approximate surface area is 171 Å². The van der Waals surface area contributed by atoms with Gasteiger partial charge in [-0.25, -0.2) is 0 Å². The molecule has 8 heteroatoms. The molecule has 0 aromatic carbocycles. The van der Waals surface area contributed by atoms with Gasteiger partial charge < -0.3 is 34.6 Å². The zero-order valence-corrected chi connectivity index (χ0v) is 17.3. The van der Waals surface area contributed by atoms with Crippen molar-refractivity contribution in [1.29, 1.82) is 0 Å². The van der Waals surface area contributed by atoms with Gasteiger partial charge in [0.05, 0.1) is 18.6 Å². The molecule has 8 nitrogen and oxygen atoms in total. The monoisotopic (exact) mass is 414 g/mol. The standard InChI is InChI=1S/C21H34O8/c1-10-8-15-14(12(3)20(25)28-15)7-6-13(10)5-4-11(2)27-19-16(9-22)29-21(26)18(24)17(19)23/h6,10-12,14-19,21-24,26H,4-5,7-9H2,1-3H3/t10-,11+,12-,14+,15+,16-,17-,18+,19+,21-/m0/s1. The van der Waals surface area contributed by atoms with Crippen molar-refractivity contribution < 1.29 is 39.4 Å². The third kappa shape index (κ3) is 4.84. The van der Waals surface area contributed by atoms with Gasteiger partial charge in [-0.3, -0.25) is 4.79 Å². The summed E-state index contributed by atoms with van der Waals surface area (Å²) in [6.07, 6.45) is -1.07. The van der Waals surface area contributed by atoms with E-state index in [1.807, 2.05) is 13.8 Å². The van der Waals surface area contributed by atoms with Crippen LogP contribution < -0.4 is 0 Å². The van der Waals surface area contributed by atoms with Gasteiger partial charge in [0.2, 0.25) is 0 Å². The molecule has 0 aromatic heterocycles. The van der Waals surface area contributed by atoms with Crippen LogP contribution in [-0.2, 0) is 19.0 Å². The molecule has 10 atom stereocenters. The number of aliphatic hydroxyl groups is 4. The van der Waals surface area contributed by atoms with Gasteiger partial charge in [0.15, 0.2) is 6.29 Å². The van der Waals surface area contributed by atoms with Crippen LogP contribution in [0.1, 0.15) is 46.5 Å². The Hall–Kier alpha value is -1.03. The predicted molar refractivity (Wildman–Crippen MR) is 103 cm³/mol. The Morgan fingerprint density at radius 3 is 2.66 bits per heavy atom. The number of ether oxygens (including phenoxy) is 3. The topological polar surface area (TPSA) is 126 Å². The van der Waals surface area contributed by atoms with E-state index in [1.165, 1.54) is 5.57 Å². The summed E-state index contributed by atoms with van der Waals surface area (Å²) >= 11 is 0. The Kier molecular flexibility index (Phi) is 7.35. The van der Waals surface area contributed by atoms with Crippen molar-refractivity contribution in [2.45, 2.75) is 89.4 Å². The smallest absolute Gasteiger partial charge is 0.309 e. The first-order valence-electron chi connectivity index (χ1n) is 10.6. The Balaban J connectivity index is 1.55. The first kappa shape index (κ1) is 22.7. The lowest BCUT2D eigenvalue weighted by molar-refractivity contribution is -0.299. The second kappa shape index (κ2) is 9.41. The fourth-order valence-electron chi connectivity index (χ4n) is 4.70. The lowest BCUT2D eigenvalue weighted by Crippen LogP contribution is -2.60. The number of allylic oxidation sites excluding steroid dienone is 2. The molecule has 0 amide bonds. The van der Waals surface area contributed by atoms with Crippen LogP contribution in [-0.4, -0.2) is 75.9 Å². The van der Waals surface area contributed by atoms with E-state index in [4.69, 9.17) is 14.2 Å². The van der Waals surface area contributed by atoms with Crippen molar-refractivity contribution in [3.05, 3.63) is 11.6 Å². The number of carbonyl (C=O) groups excluding carboxylic acids is 1. The maximum absolute atomic E-state index is 11.8. The number of carbonyl (C=O) groups is 1. The maximum atomic E-state index is 11.8. The van der Waals surface area contributed by atoms with Crippen molar-refractivity contribution in [1.82, 2.24) is 0 Å². The SMILES string of the molecule is C[C@H](CCC1=CC[C@@H]2[C@H](C)C(=O)O[C@@H]2C[C@@H]1C)O[C@H]1[C@@H](O)[C@@H](O)[C@@H](O)O[C@H]1CO. The largest absolute Gasteiger partial charge is 0.462 e. The quantitative estimate of drug-likeness (QED) is 0.366. The predicted octanol–water partition coefficient (Wildman–Crippen LogP) is 0.506. The van der Waals surface area contributed by atoms with Gasteiger partial charge in [0.25, 0.3) is 0 Å². The van der Waals surface area contributed by atoms with E-state index in [0.717, 1.165) is 19.3 Å². The van der Waals surface area contributed by atoms with Crippen LogP contribution in [0.15, 0.2) is 11.6 Å². The van der Waals surface area contributed by atoms with E-state index in [-0.39, 0.29) is 30.0 Å². The highest BCUT2D eigenvalue weighted by Crippen LogP contribution is 2.40. The average molecular weight is 414 g/mol. The van der Waals surface area contributed by atoms with Gasteiger partial charge >= 0.3 is 5.97 Å². The number of hydrogen-bond donors (Lipinski definition) is 4. The summed E-state index contributed by atoms with van der Waals surface area (Å²) in [6.45, 7) is 5.53. The minimum atomic E-state index is -1.55. The fourth-order valence-corrected chi connectivity index (χ4v) is 4.70. The molecule has 0 aromatic rings. The van der Waals surface area contributed by atoms with E-state index < -0.39 is 37.3 Å². The van der Waals surface area contributed by atoms with Gasteiger partial charge in [-0.05, 0) is 38.5 Å². The molecule has 0 radical (unpaired) electrons. The maximum Gasteiger partial charge on any atom is 0.309 e. The summed E-state index contributed by atoms with van der Waals surface area (Å²) in [6, 6.07) is 0. The first-order chi connectivity index (χ1) is 13.7. The molecule has 29 heavy (non-hydrogen) atoms. The molecule has 4 N–H and O–H groups in total. The Bertz CT molecular complexity index is 605. The van der Waals surface area contributed by atoms with Crippen molar-refractivity contribution in [2.75, 3.05) is 6.61 Å². The number of esters is 1. The normalized spacial score (nSPS) is 43.9. The van der Waals surface area contributed by atoms with Gasteiger partial charge in [0, 0.05) is 5.92 Å². The fraction of sp³-hybridized carbons (Fsp3) is 0.857. The first-order valence-corrected chi connectivity index (χ1v) is 10.6. The molecule has 166 valence electrons. The number of fused-ring (bicyclic) bond motifs is 1. The molecule has 2 aliphatic heterocycles. The third-order valence-corrected chi connectivity index (χ3v) is 6.70. The molecular formula is C21H34O8. The lowest BCUT2D eigenvalue weighted by Gasteiger charge is -2.41. The highest BCUT2D eigenvalue weighted by atomic mass is 16.7. The summed E-state index contributed by atoms with van der Waals surface area (Å²) in [5.74, 6) is 0.394. The number of hydrogen-bond acceptors (Lipinski definition) is 8. The number of rotatable bonds is 6. The van der Waals surface area contributed by atoms with Crippen molar-refractivity contribution in [3.63, 3.8) is 0 Å². The van der Waals surface area contributed by atoms with Crippen LogP contribution in [0.2, 0.25) is 0 Å². The van der Waals surface area contributed by atoms with Crippen molar-refractivity contribution in [3.8, 4) is 0 Å². The molecule has 0 unspecified atom stereocenters. The summed E-state index contributed by atoms with van der Waals surface area (Å²) in [5.41, 5.74) is 1.31. The van der Waals surface area contributed by atoms with Gasteiger partial charge in [-0.2, -0.15) is 0 Å². The van der Waals surface area contributed by atoms with Crippen molar-refractivity contribution >= 4 is 5.97 Å². The summed E-state index contributed by atoms with van der Waals surface area (Å²) < 4.78 is 16.6. The van der Waals surface area contributed by atoms with Crippen molar-refractivity contribution in [2.24, 2.45) is 17.8 Å². The minimum Gasteiger partial charge on any atom is -0.462 e. The molecule has 2 heterocycles. The van der Waals surface area contributed by atoms with E-state index in [1.54, 1.807) is 0 Å². The molecule has 3 rings (SSSR count). The second-order valence-electron chi connectivity index (χ2n) is 8.76. The third-order valence-electron chi connectivity index (χ3n) is 6.70. The van der Waals surface area contributed by atoms with Crippen LogP contribution in [0.4, 0.5) is 0 Å². The zero-order chi connectivity index (χ0) is 21.3. The molecule has 2 saturated heterocycles. The molecular weight excluding hydrogens is 380 g/mol. The van der Waals surface area contributed by atoms with Gasteiger partial charge in [-0.1, -0.05) is 25.5 Å².